The molecule has 0 aromatic heterocycles. The van der Waals surface area contributed by atoms with Crippen molar-refractivity contribution in [3.63, 3.8) is 0 Å². The van der Waals surface area contributed by atoms with Crippen molar-refractivity contribution < 1.29 is 4.74 Å². The highest BCUT2D eigenvalue weighted by molar-refractivity contribution is 5.64. The first kappa shape index (κ1) is 25.4. The summed E-state index contributed by atoms with van der Waals surface area (Å²) < 4.78 is 5.79. The second-order valence-electron chi connectivity index (χ2n) is 10.0. The number of unbranched alkanes of at least 4 members (excludes halogenated alkanes) is 6. The number of hydrogen-bond donors (Lipinski definition) is 0. The van der Waals surface area contributed by atoms with E-state index < -0.39 is 0 Å². The minimum Gasteiger partial charge on any atom is -0.494 e. The smallest absolute Gasteiger partial charge is 0.119 e. The van der Waals surface area contributed by atoms with Crippen LogP contribution in [0.1, 0.15) is 109 Å². The van der Waals surface area contributed by atoms with Crippen molar-refractivity contribution in [2.24, 2.45) is 5.41 Å². The van der Waals surface area contributed by atoms with Gasteiger partial charge in [-0.3, -0.25) is 0 Å². The van der Waals surface area contributed by atoms with Crippen molar-refractivity contribution in [3.05, 3.63) is 54.1 Å². The van der Waals surface area contributed by atoms with Gasteiger partial charge < -0.3 is 4.74 Å². The lowest BCUT2D eigenvalue weighted by Gasteiger charge is -2.35. The van der Waals surface area contributed by atoms with Gasteiger partial charge in [0.05, 0.1) is 18.1 Å². The van der Waals surface area contributed by atoms with Gasteiger partial charge in [-0.05, 0) is 73.3 Å². The van der Waals surface area contributed by atoms with Gasteiger partial charge in [-0.15, -0.1) is 0 Å². The van der Waals surface area contributed by atoms with Crippen molar-refractivity contribution in [2.75, 3.05) is 6.61 Å². The molecule has 0 heterocycles. The van der Waals surface area contributed by atoms with E-state index in [1.807, 2.05) is 0 Å². The topological polar surface area (TPSA) is 33.0 Å². The van der Waals surface area contributed by atoms with Gasteiger partial charge in [-0.25, -0.2) is 0 Å². The molecule has 3 rings (SSSR count). The lowest BCUT2D eigenvalue weighted by Crippen LogP contribution is -2.25. The molecule has 33 heavy (non-hydrogen) atoms. The minimum atomic E-state index is -0.0673. The number of ether oxygens (including phenoxy) is 1. The van der Waals surface area contributed by atoms with Crippen molar-refractivity contribution >= 4 is 0 Å². The molecule has 0 amide bonds. The number of hydrogen-bond acceptors (Lipinski definition) is 2. The fraction of sp³-hybridized carbons (Fsp3) is 0.581. The minimum absolute atomic E-state index is 0.0673. The van der Waals surface area contributed by atoms with Crippen LogP contribution in [0.15, 0.2) is 48.5 Å². The summed E-state index contributed by atoms with van der Waals surface area (Å²) >= 11 is 0. The van der Waals surface area contributed by atoms with Crippen LogP contribution in [0.4, 0.5) is 0 Å². The van der Waals surface area contributed by atoms with Crippen LogP contribution in [0.3, 0.4) is 0 Å². The number of nitrogens with zero attached hydrogens (tertiary/aromatic N) is 1. The lowest BCUT2D eigenvalue weighted by atomic mass is 9.67. The van der Waals surface area contributed by atoms with Gasteiger partial charge in [0.15, 0.2) is 0 Å². The molecule has 2 heteroatoms. The molecule has 0 radical (unpaired) electrons. The molecule has 1 fully saturated rings. The van der Waals surface area contributed by atoms with E-state index in [1.165, 1.54) is 55.2 Å². The Balaban J connectivity index is 1.49. The Bertz CT molecular complexity index is 838. The molecule has 0 spiro atoms. The highest BCUT2D eigenvalue weighted by Crippen LogP contribution is 2.46. The third-order valence-corrected chi connectivity index (χ3v) is 7.53. The highest BCUT2D eigenvalue weighted by Gasteiger charge is 2.35. The van der Waals surface area contributed by atoms with Crippen LogP contribution in [0, 0.1) is 16.7 Å². The Morgan fingerprint density at radius 2 is 1.36 bits per heavy atom. The van der Waals surface area contributed by atoms with Crippen LogP contribution in [-0.2, 0) is 0 Å². The fourth-order valence-corrected chi connectivity index (χ4v) is 5.19. The molecule has 1 saturated carbocycles. The maximum Gasteiger partial charge on any atom is 0.119 e. The Morgan fingerprint density at radius 3 is 1.97 bits per heavy atom. The van der Waals surface area contributed by atoms with E-state index in [1.54, 1.807) is 0 Å². The Hall–Kier alpha value is -2.27. The van der Waals surface area contributed by atoms with Gasteiger partial charge in [0.1, 0.15) is 5.75 Å². The molecule has 0 N–H and O–H groups in total. The van der Waals surface area contributed by atoms with Crippen molar-refractivity contribution in [1.29, 1.82) is 5.26 Å². The summed E-state index contributed by atoms with van der Waals surface area (Å²) in [6.45, 7) is 5.23. The zero-order chi connectivity index (χ0) is 23.4. The van der Waals surface area contributed by atoms with E-state index >= 15 is 0 Å². The van der Waals surface area contributed by atoms with E-state index in [2.05, 4.69) is 68.4 Å². The summed E-state index contributed by atoms with van der Waals surface area (Å²) in [5.74, 6) is 1.55. The van der Waals surface area contributed by atoms with Gasteiger partial charge in [0.25, 0.3) is 0 Å². The average Bonchev–Trinajstić information content (AvgIpc) is 2.87. The molecule has 0 bridgehead atoms. The van der Waals surface area contributed by atoms with Gasteiger partial charge in [-0.2, -0.15) is 5.26 Å². The summed E-state index contributed by atoms with van der Waals surface area (Å²) in [6.07, 6.45) is 15.6. The molecule has 0 saturated heterocycles. The van der Waals surface area contributed by atoms with E-state index in [-0.39, 0.29) is 5.41 Å². The first-order chi connectivity index (χ1) is 16.2. The molecule has 0 atom stereocenters. The fourth-order valence-electron chi connectivity index (χ4n) is 5.19. The van der Waals surface area contributed by atoms with Crippen molar-refractivity contribution in [1.82, 2.24) is 0 Å². The molecule has 178 valence electrons. The first-order valence-electron chi connectivity index (χ1n) is 13.4. The third kappa shape index (κ3) is 7.63. The van der Waals surface area contributed by atoms with E-state index in [0.717, 1.165) is 57.3 Å². The summed E-state index contributed by atoms with van der Waals surface area (Å²) in [4.78, 5) is 0. The average molecular weight is 446 g/mol. The molecule has 1 aliphatic rings. The van der Waals surface area contributed by atoms with Crippen molar-refractivity contribution in [2.45, 2.75) is 103 Å². The van der Waals surface area contributed by atoms with E-state index in [4.69, 9.17) is 4.74 Å². The van der Waals surface area contributed by atoms with E-state index in [0.29, 0.717) is 5.92 Å². The maximum absolute atomic E-state index is 9.92. The van der Waals surface area contributed by atoms with Crippen LogP contribution >= 0.6 is 0 Å². The highest BCUT2D eigenvalue weighted by atomic mass is 16.5. The number of nitriles is 1. The van der Waals surface area contributed by atoms with Crippen LogP contribution in [0.2, 0.25) is 0 Å². The molecule has 0 aliphatic heterocycles. The van der Waals surface area contributed by atoms with Crippen LogP contribution < -0.4 is 4.74 Å². The quantitative estimate of drug-likeness (QED) is 0.288. The third-order valence-electron chi connectivity index (χ3n) is 7.53. The molecule has 0 unspecified atom stereocenters. The number of benzene rings is 2. The number of rotatable bonds is 13. The SMILES string of the molecule is CCCCCCCCC1(C#N)CCC(c2ccc(-c3ccc(OCCCC)cc3)cc2)CC1. The second kappa shape index (κ2) is 13.4. The molecule has 2 aromatic carbocycles. The normalized spacial score (nSPS) is 20.3. The first-order valence-corrected chi connectivity index (χ1v) is 13.4. The van der Waals surface area contributed by atoms with Crippen LogP contribution in [0.5, 0.6) is 5.75 Å². The summed E-state index contributed by atoms with van der Waals surface area (Å²) in [7, 11) is 0. The standard InChI is InChI=1S/C31H43NO/c1-3-5-7-8-9-10-21-31(25-32)22-19-29(20-23-31)27-13-11-26(12-14-27)28-15-17-30(18-16-28)33-24-6-4-2/h11-18,29H,3-10,19-24H2,1-2H3. The molecular weight excluding hydrogens is 402 g/mol. The Morgan fingerprint density at radius 1 is 0.788 bits per heavy atom. The summed E-state index contributed by atoms with van der Waals surface area (Å²) in [6, 6.07) is 20.3. The molecule has 1 aliphatic carbocycles. The molecule has 2 nitrogen and oxygen atoms in total. The van der Waals surface area contributed by atoms with Gasteiger partial charge in [0, 0.05) is 0 Å². The van der Waals surface area contributed by atoms with Crippen molar-refractivity contribution in [3.8, 4) is 22.9 Å². The monoisotopic (exact) mass is 445 g/mol. The largest absolute Gasteiger partial charge is 0.494 e. The summed E-state index contributed by atoms with van der Waals surface area (Å²) in [5.41, 5.74) is 3.85. The van der Waals surface area contributed by atoms with Gasteiger partial charge >= 0.3 is 0 Å². The van der Waals surface area contributed by atoms with Gasteiger partial charge in [0.2, 0.25) is 0 Å². The predicted molar refractivity (Wildman–Crippen MR) is 140 cm³/mol. The van der Waals surface area contributed by atoms with Gasteiger partial charge in [-0.1, -0.05) is 95.2 Å². The van der Waals surface area contributed by atoms with Crippen LogP contribution in [0.25, 0.3) is 11.1 Å². The predicted octanol–water partition coefficient (Wildman–Crippen LogP) is 9.45. The Kier molecular flexibility index (Phi) is 10.3. The zero-order valence-electron chi connectivity index (χ0n) is 21.0. The molecule has 2 aromatic rings. The molecular formula is C31H43NO. The maximum atomic E-state index is 9.92. The van der Waals surface area contributed by atoms with Crippen LogP contribution in [-0.4, -0.2) is 6.61 Å². The Labute approximate surface area is 202 Å². The second-order valence-corrected chi connectivity index (χ2v) is 10.0. The summed E-state index contributed by atoms with van der Waals surface area (Å²) in [5, 5.41) is 9.92. The van der Waals surface area contributed by atoms with E-state index in [9.17, 15) is 5.26 Å². The lowest BCUT2D eigenvalue weighted by molar-refractivity contribution is 0.223. The zero-order valence-corrected chi connectivity index (χ0v) is 21.0.